The second-order valence-corrected chi connectivity index (χ2v) is 2.02. The second kappa shape index (κ2) is 3.18. The maximum Gasteiger partial charge on any atom is 0.131 e. The smallest absolute Gasteiger partial charge is 0.131 e. The van der Waals surface area contributed by atoms with Crippen LogP contribution in [0.2, 0.25) is 0 Å². The highest BCUT2D eigenvalue weighted by atomic mass is 19.1. The molecule has 2 nitrogen and oxygen atoms in total. The number of benzene rings is 1. The van der Waals surface area contributed by atoms with Crippen molar-refractivity contribution in [2.24, 2.45) is 5.18 Å². The van der Waals surface area contributed by atoms with Crippen LogP contribution in [0.25, 0.3) is 0 Å². The molecular formula is C7H5F2NO. The summed E-state index contributed by atoms with van der Waals surface area (Å²) in [5.74, 6) is -1.39. The number of hydrogen-bond donors (Lipinski definition) is 0. The predicted octanol–water partition coefficient (Wildman–Crippen LogP) is 2.23. The Hall–Kier alpha value is -1.32. The van der Waals surface area contributed by atoms with Gasteiger partial charge in [-0.3, -0.25) is 0 Å². The molecule has 58 valence electrons. The molecule has 11 heavy (non-hydrogen) atoms. The van der Waals surface area contributed by atoms with Crippen molar-refractivity contribution in [1.29, 1.82) is 0 Å². The molecule has 1 aromatic carbocycles. The normalized spacial score (nSPS) is 9.64. The van der Waals surface area contributed by atoms with Crippen molar-refractivity contribution < 1.29 is 8.78 Å². The van der Waals surface area contributed by atoms with E-state index in [0.29, 0.717) is 0 Å². The summed E-state index contributed by atoms with van der Waals surface area (Å²) in [6, 6.07) is 3.01. The quantitative estimate of drug-likeness (QED) is 0.605. The van der Waals surface area contributed by atoms with Gasteiger partial charge in [-0.05, 0) is 6.07 Å². The maximum atomic E-state index is 12.6. The molecule has 0 amide bonds. The van der Waals surface area contributed by atoms with E-state index in [-0.39, 0.29) is 12.1 Å². The lowest BCUT2D eigenvalue weighted by Gasteiger charge is -1.95. The van der Waals surface area contributed by atoms with E-state index in [1.807, 2.05) is 0 Å². The van der Waals surface area contributed by atoms with E-state index in [1.165, 1.54) is 6.07 Å². The Labute approximate surface area is 61.8 Å². The molecule has 0 heterocycles. The van der Waals surface area contributed by atoms with Crippen molar-refractivity contribution in [2.75, 3.05) is 0 Å². The lowest BCUT2D eigenvalue weighted by molar-refractivity contribution is 0.572. The van der Waals surface area contributed by atoms with Crippen LogP contribution in [0, 0.1) is 16.5 Å². The van der Waals surface area contributed by atoms with Crippen LogP contribution in [0.5, 0.6) is 0 Å². The summed E-state index contributed by atoms with van der Waals surface area (Å²) in [6.07, 6.45) is 0. The minimum absolute atomic E-state index is 0.112. The van der Waals surface area contributed by atoms with Crippen molar-refractivity contribution in [1.82, 2.24) is 0 Å². The fourth-order valence-corrected chi connectivity index (χ4v) is 0.719. The standard InChI is InChI=1S/C7H5F2NO/c8-6-2-1-5(4-10-11)7(9)3-6/h1-3H,4H2. The van der Waals surface area contributed by atoms with Gasteiger partial charge in [-0.2, -0.15) is 4.91 Å². The zero-order chi connectivity index (χ0) is 8.27. The van der Waals surface area contributed by atoms with E-state index in [1.54, 1.807) is 0 Å². The van der Waals surface area contributed by atoms with Crippen LogP contribution in [0.3, 0.4) is 0 Å². The number of rotatable bonds is 2. The first kappa shape index (κ1) is 7.78. The van der Waals surface area contributed by atoms with Crippen LogP contribution in [-0.2, 0) is 6.54 Å². The monoisotopic (exact) mass is 157 g/mol. The number of halogens is 2. The maximum absolute atomic E-state index is 12.6. The molecule has 0 radical (unpaired) electrons. The van der Waals surface area contributed by atoms with Gasteiger partial charge in [-0.15, -0.1) is 0 Å². The van der Waals surface area contributed by atoms with Gasteiger partial charge in [0.2, 0.25) is 0 Å². The minimum Gasteiger partial charge on any atom is -0.207 e. The third-order valence-corrected chi connectivity index (χ3v) is 1.25. The molecule has 0 saturated carbocycles. The van der Waals surface area contributed by atoms with Gasteiger partial charge >= 0.3 is 0 Å². The molecule has 0 spiro atoms. The summed E-state index contributed by atoms with van der Waals surface area (Å²) < 4.78 is 24.8. The zero-order valence-electron chi connectivity index (χ0n) is 5.55. The Morgan fingerprint density at radius 1 is 1.36 bits per heavy atom. The molecule has 4 heteroatoms. The van der Waals surface area contributed by atoms with E-state index in [4.69, 9.17) is 0 Å². The van der Waals surface area contributed by atoms with Crippen molar-refractivity contribution in [3.63, 3.8) is 0 Å². The lowest BCUT2D eigenvalue weighted by Crippen LogP contribution is -1.88. The van der Waals surface area contributed by atoms with E-state index < -0.39 is 11.6 Å². The van der Waals surface area contributed by atoms with Gasteiger partial charge < -0.3 is 0 Å². The van der Waals surface area contributed by atoms with Crippen LogP contribution < -0.4 is 0 Å². The van der Waals surface area contributed by atoms with Gasteiger partial charge in [0.15, 0.2) is 0 Å². The lowest BCUT2D eigenvalue weighted by atomic mass is 10.2. The van der Waals surface area contributed by atoms with Crippen LogP contribution in [0.1, 0.15) is 5.56 Å². The third kappa shape index (κ3) is 1.80. The second-order valence-electron chi connectivity index (χ2n) is 2.02. The first-order valence-corrected chi connectivity index (χ1v) is 2.97. The molecular weight excluding hydrogens is 152 g/mol. The van der Waals surface area contributed by atoms with Gasteiger partial charge in [0.05, 0.1) is 0 Å². The number of nitrogens with zero attached hydrogens (tertiary/aromatic N) is 1. The molecule has 0 N–H and O–H groups in total. The molecule has 0 aliphatic rings. The summed E-state index contributed by atoms with van der Waals surface area (Å²) in [5.41, 5.74) is 0.112. The molecule has 0 atom stereocenters. The van der Waals surface area contributed by atoms with Crippen LogP contribution in [0.4, 0.5) is 8.78 Å². The Kier molecular flexibility index (Phi) is 2.25. The molecule has 0 aliphatic heterocycles. The highest BCUT2D eigenvalue weighted by molar-refractivity contribution is 5.18. The molecule has 0 saturated heterocycles. The third-order valence-electron chi connectivity index (χ3n) is 1.25. The SMILES string of the molecule is O=NCc1ccc(F)cc1F. The Morgan fingerprint density at radius 3 is 2.64 bits per heavy atom. The van der Waals surface area contributed by atoms with Crippen LogP contribution >= 0.6 is 0 Å². The Bertz CT molecular complexity index is 275. The topological polar surface area (TPSA) is 29.4 Å². The summed E-state index contributed by atoms with van der Waals surface area (Å²) >= 11 is 0. The first-order chi connectivity index (χ1) is 5.24. The van der Waals surface area contributed by atoms with Gasteiger partial charge in [0, 0.05) is 11.6 Å². The summed E-state index contributed by atoms with van der Waals surface area (Å²) in [6.45, 7) is -0.258. The number of nitroso groups, excluding NO2 is 1. The van der Waals surface area contributed by atoms with E-state index in [9.17, 15) is 13.7 Å². The van der Waals surface area contributed by atoms with Gasteiger partial charge in [0.25, 0.3) is 0 Å². The van der Waals surface area contributed by atoms with Gasteiger partial charge in [-0.25, -0.2) is 8.78 Å². The van der Waals surface area contributed by atoms with E-state index >= 15 is 0 Å². The molecule has 0 bridgehead atoms. The fourth-order valence-electron chi connectivity index (χ4n) is 0.719. The summed E-state index contributed by atoms with van der Waals surface area (Å²) in [5, 5.41) is 2.48. The van der Waals surface area contributed by atoms with Crippen LogP contribution in [0.15, 0.2) is 23.4 Å². The molecule has 1 rings (SSSR count). The zero-order valence-corrected chi connectivity index (χ0v) is 5.55. The molecule has 1 aromatic rings. The highest BCUT2D eigenvalue weighted by Crippen LogP contribution is 2.09. The number of hydrogen-bond acceptors (Lipinski definition) is 2. The highest BCUT2D eigenvalue weighted by Gasteiger charge is 2.02. The molecule has 0 aliphatic carbocycles. The van der Waals surface area contributed by atoms with Gasteiger partial charge in [-0.1, -0.05) is 11.2 Å². The van der Waals surface area contributed by atoms with Crippen molar-refractivity contribution in [2.45, 2.75) is 6.54 Å². The summed E-state index contributed by atoms with van der Waals surface area (Å²) in [7, 11) is 0. The Morgan fingerprint density at radius 2 is 2.09 bits per heavy atom. The van der Waals surface area contributed by atoms with Gasteiger partial charge in [0.1, 0.15) is 18.2 Å². The average Bonchev–Trinajstić information content (AvgIpc) is 1.95. The first-order valence-electron chi connectivity index (χ1n) is 2.97. The average molecular weight is 157 g/mol. The van der Waals surface area contributed by atoms with Crippen molar-refractivity contribution in [3.05, 3.63) is 40.3 Å². The largest absolute Gasteiger partial charge is 0.207 e. The van der Waals surface area contributed by atoms with E-state index in [0.717, 1.165) is 12.1 Å². The molecule has 0 fully saturated rings. The van der Waals surface area contributed by atoms with Crippen LogP contribution in [-0.4, -0.2) is 0 Å². The fraction of sp³-hybridized carbons (Fsp3) is 0.143. The van der Waals surface area contributed by atoms with Crippen molar-refractivity contribution in [3.8, 4) is 0 Å². The summed E-state index contributed by atoms with van der Waals surface area (Å²) in [4.78, 5) is 9.70. The van der Waals surface area contributed by atoms with E-state index in [2.05, 4.69) is 5.18 Å². The van der Waals surface area contributed by atoms with Crippen molar-refractivity contribution >= 4 is 0 Å². The Balaban J connectivity index is 2.98. The predicted molar refractivity (Wildman–Crippen MR) is 35.9 cm³/mol. The molecule has 0 aromatic heterocycles. The minimum atomic E-state index is -0.732. The molecule has 0 unspecified atom stereocenters.